The number of nitriles is 1. The van der Waals surface area contributed by atoms with Gasteiger partial charge in [-0.15, -0.1) is 0 Å². The first-order valence-electron chi connectivity index (χ1n) is 6.44. The summed E-state index contributed by atoms with van der Waals surface area (Å²) in [6.07, 6.45) is 0. The maximum atomic E-state index is 9.38. The van der Waals surface area contributed by atoms with Crippen molar-refractivity contribution in [1.82, 2.24) is 0 Å². The van der Waals surface area contributed by atoms with Crippen molar-refractivity contribution in [2.45, 2.75) is 0 Å². The molecule has 2 aromatic carbocycles. The van der Waals surface area contributed by atoms with Gasteiger partial charge in [0.05, 0.1) is 0 Å². The molecule has 108 valence electrons. The molecule has 1 aromatic heterocycles. The lowest BCUT2D eigenvalue weighted by atomic mass is 9.98. The van der Waals surface area contributed by atoms with Crippen LogP contribution >= 0.6 is 23.2 Å². The molecule has 0 saturated carbocycles. The Labute approximate surface area is 137 Å². The number of benzene rings is 2. The van der Waals surface area contributed by atoms with Crippen LogP contribution in [0.2, 0.25) is 10.0 Å². The highest BCUT2D eigenvalue weighted by Gasteiger charge is 2.21. The normalized spacial score (nSPS) is 10.4. The number of nitrogens with zero attached hydrogens (tertiary/aromatic N) is 1. The van der Waals surface area contributed by atoms with Gasteiger partial charge in [-0.05, 0) is 42.0 Å². The summed E-state index contributed by atoms with van der Waals surface area (Å²) < 4.78 is 5.63. The molecule has 0 bridgehead atoms. The lowest BCUT2D eigenvalue weighted by Gasteiger charge is -2.04. The third kappa shape index (κ3) is 2.55. The van der Waals surface area contributed by atoms with Crippen molar-refractivity contribution in [2.75, 3.05) is 5.73 Å². The van der Waals surface area contributed by atoms with Crippen molar-refractivity contribution >= 4 is 29.1 Å². The lowest BCUT2D eigenvalue weighted by molar-refractivity contribution is 0.603. The lowest BCUT2D eigenvalue weighted by Crippen LogP contribution is -1.86. The molecular formula is C17H10Cl2N2O. The first kappa shape index (κ1) is 14.5. The molecule has 0 atom stereocenters. The van der Waals surface area contributed by atoms with Gasteiger partial charge in [0.15, 0.2) is 0 Å². The molecule has 0 saturated heterocycles. The van der Waals surface area contributed by atoms with E-state index >= 15 is 0 Å². The highest BCUT2D eigenvalue weighted by Crippen LogP contribution is 2.40. The van der Waals surface area contributed by atoms with Crippen LogP contribution in [0.4, 0.5) is 5.88 Å². The van der Waals surface area contributed by atoms with Crippen LogP contribution in [0, 0.1) is 11.3 Å². The third-order valence-corrected chi connectivity index (χ3v) is 3.79. The molecule has 3 rings (SSSR count). The van der Waals surface area contributed by atoms with Crippen molar-refractivity contribution in [3.63, 3.8) is 0 Å². The minimum atomic E-state index is 0.0948. The smallest absolute Gasteiger partial charge is 0.209 e. The molecule has 5 heteroatoms. The molecule has 0 radical (unpaired) electrons. The average molecular weight is 329 g/mol. The summed E-state index contributed by atoms with van der Waals surface area (Å²) in [5.41, 5.74) is 8.42. The number of hydrogen-bond donors (Lipinski definition) is 1. The second kappa shape index (κ2) is 5.76. The van der Waals surface area contributed by atoms with E-state index in [0.717, 1.165) is 11.1 Å². The van der Waals surface area contributed by atoms with Crippen LogP contribution in [-0.2, 0) is 0 Å². The number of nitrogens with two attached hydrogens (primary N) is 1. The summed E-state index contributed by atoms with van der Waals surface area (Å²) in [6.45, 7) is 0. The molecule has 1 heterocycles. The largest absolute Gasteiger partial charge is 0.439 e. The Morgan fingerprint density at radius 2 is 1.36 bits per heavy atom. The van der Waals surface area contributed by atoms with E-state index in [1.54, 1.807) is 24.3 Å². The maximum absolute atomic E-state index is 9.38. The van der Waals surface area contributed by atoms with Crippen LogP contribution in [0.15, 0.2) is 52.9 Å². The summed E-state index contributed by atoms with van der Waals surface area (Å²) in [5.74, 6) is 0.630. The van der Waals surface area contributed by atoms with Gasteiger partial charge in [0, 0.05) is 21.2 Å². The predicted octanol–water partition coefficient (Wildman–Crippen LogP) is 5.37. The molecule has 3 aromatic rings. The van der Waals surface area contributed by atoms with E-state index in [4.69, 9.17) is 33.4 Å². The zero-order valence-electron chi connectivity index (χ0n) is 11.3. The zero-order chi connectivity index (χ0) is 15.7. The third-order valence-electron chi connectivity index (χ3n) is 3.29. The summed E-state index contributed by atoms with van der Waals surface area (Å²) in [6, 6.07) is 16.4. The summed E-state index contributed by atoms with van der Waals surface area (Å²) >= 11 is 11.8. The topological polar surface area (TPSA) is 63.0 Å². The average Bonchev–Trinajstić information content (AvgIpc) is 2.85. The number of nitrogen functional groups attached to an aromatic ring is 1. The van der Waals surface area contributed by atoms with Crippen molar-refractivity contribution in [2.24, 2.45) is 0 Å². The monoisotopic (exact) mass is 328 g/mol. The maximum Gasteiger partial charge on any atom is 0.209 e. The van der Waals surface area contributed by atoms with Crippen LogP contribution in [0.3, 0.4) is 0 Å². The van der Waals surface area contributed by atoms with E-state index in [2.05, 4.69) is 6.07 Å². The quantitative estimate of drug-likeness (QED) is 0.687. The number of hydrogen-bond acceptors (Lipinski definition) is 3. The van der Waals surface area contributed by atoms with Crippen LogP contribution in [0.25, 0.3) is 22.5 Å². The van der Waals surface area contributed by atoms with E-state index in [1.807, 2.05) is 24.3 Å². The van der Waals surface area contributed by atoms with E-state index in [-0.39, 0.29) is 5.88 Å². The molecule has 22 heavy (non-hydrogen) atoms. The first-order chi connectivity index (χ1) is 10.6. The molecule has 0 spiro atoms. The minimum absolute atomic E-state index is 0.0948. The molecule has 0 unspecified atom stereocenters. The van der Waals surface area contributed by atoms with E-state index < -0.39 is 0 Å². The fourth-order valence-corrected chi connectivity index (χ4v) is 2.51. The Morgan fingerprint density at radius 1 is 0.864 bits per heavy atom. The van der Waals surface area contributed by atoms with Gasteiger partial charge in [-0.2, -0.15) is 5.26 Å². The predicted molar refractivity (Wildman–Crippen MR) is 88.7 cm³/mol. The molecule has 0 aliphatic heterocycles. The number of halogens is 2. The second-order valence-corrected chi connectivity index (χ2v) is 5.54. The molecule has 0 aliphatic rings. The van der Waals surface area contributed by atoms with Crippen LogP contribution < -0.4 is 5.73 Å². The van der Waals surface area contributed by atoms with Crippen LogP contribution in [-0.4, -0.2) is 0 Å². The SMILES string of the molecule is N#Cc1c(N)oc(-c2ccc(Cl)cc2)c1-c1ccc(Cl)cc1. The van der Waals surface area contributed by atoms with Crippen molar-refractivity contribution in [1.29, 1.82) is 5.26 Å². The van der Waals surface area contributed by atoms with Crippen LogP contribution in [0.1, 0.15) is 5.56 Å². The molecular weight excluding hydrogens is 319 g/mol. The fourth-order valence-electron chi connectivity index (χ4n) is 2.26. The number of furan rings is 1. The molecule has 0 fully saturated rings. The van der Waals surface area contributed by atoms with Gasteiger partial charge in [0.2, 0.25) is 5.88 Å². The van der Waals surface area contributed by atoms with Crippen molar-refractivity contribution in [3.05, 3.63) is 64.1 Å². The Hall–Kier alpha value is -2.41. The Balaban J connectivity index is 2.25. The Kier molecular flexibility index (Phi) is 3.81. The molecule has 0 aliphatic carbocycles. The van der Waals surface area contributed by atoms with Gasteiger partial charge in [0.1, 0.15) is 17.4 Å². The number of anilines is 1. The summed E-state index contributed by atoms with van der Waals surface area (Å²) in [4.78, 5) is 0. The first-order valence-corrected chi connectivity index (χ1v) is 7.20. The second-order valence-electron chi connectivity index (χ2n) is 4.67. The molecule has 0 amide bonds. The highest BCUT2D eigenvalue weighted by atomic mass is 35.5. The summed E-state index contributed by atoms with van der Waals surface area (Å²) in [7, 11) is 0. The minimum Gasteiger partial charge on any atom is -0.439 e. The van der Waals surface area contributed by atoms with Gasteiger partial charge >= 0.3 is 0 Å². The Morgan fingerprint density at radius 3 is 1.86 bits per heavy atom. The zero-order valence-corrected chi connectivity index (χ0v) is 12.8. The van der Waals surface area contributed by atoms with Gasteiger partial charge in [-0.1, -0.05) is 35.3 Å². The Bertz CT molecular complexity index is 859. The fraction of sp³-hybridized carbons (Fsp3) is 0. The van der Waals surface area contributed by atoms with Crippen molar-refractivity contribution < 1.29 is 4.42 Å². The van der Waals surface area contributed by atoms with E-state index in [9.17, 15) is 5.26 Å². The standard InChI is InChI=1S/C17H10Cl2N2O/c18-12-5-1-10(2-6-12)15-14(9-20)17(21)22-16(15)11-3-7-13(19)8-4-11/h1-8H,21H2. The van der Waals surface area contributed by atoms with Gasteiger partial charge in [0.25, 0.3) is 0 Å². The molecule has 3 nitrogen and oxygen atoms in total. The van der Waals surface area contributed by atoms with Gasteiger partial charge < -0.3 is 10.2 Å². The van der Waals surface area contributed by atoms with E-state index in [0.29, 0.717) is 26.9 Å². The number of rotatable bonds is 2. The van der Waals surface area contributed by atoms with Gasteiger partial charge in [-0.25, -0.2) is 0 Å². The van der Waals surface area contributed by atoms with E-state index in [1.165, 1.54) is 0 Å². The highest BCUT2D eigenvalue weighted by molar-refractivity contribution is 6.31. The summed E-state index contributed by atoms with van der Waals surface area (Å²) in [5, 5.41) is 10.6. The van der Waals surface area contributed by atoms with Gasteiger partial charge in [-0.3, -0.25) is 0 Å². The molecule has 2 N–H and O–H groups in total. The van der Waals surface area contributed by atoms with Crippen LogP contribution in [0.5, 0.6) is 0 Å². The van der Waals surface area contributed by atoms with Crippen molar-refractivity contribution in [3.8, 4) is 28.5 Å².